The summed E-state index contributed by atoms with van der Waals surface area (Å²) < 4.78 is 7.40. The molecule has 1 aromatic rings. The molecule has 0 amide bonds. The predicted molar refractivity (Wildman–Crippen MR) is 57.2 cm³/mol. The molecule has 2 heteroatoms. The number of benzene rings is 1. The Hall–Kier alpha value is -1.15. The Morgan fingerprint density at radius 3 is 3.07 bits per heavy atom. The molecule has 0 spiro atoms. The third kappa shape index (κ3) is 2.02. The normalized spacial score (nSPS) is 14.8. The third-order valence-electron chi connectivity index (χ3n) is 2.63. The van der Waals surface area contributed by atoms with Crippen molar-refractivity contribution in [1.29, 1.82) is 0 Å². The van der Waals surface area contributed by atoms with Crippen LogP contribution < -0.4 is 0 Å². The first-order chi connectivity index (χ1) is 6.90. The van der Waals surface area contributed by atoms with E-state index in [9.17, 15) is 0 Å². The molecule has 1 aliphatic heterocycles. The molecule has 0 aromatic heterocycles. The van der Waals surface area contributed by atoms with Crippen molar-refractivity contribution >= 4 is 6.21 Å². The number of hydrogen-bond donors (Lipinski definition) is 0. The van der Waals surface area contributed by atoms with Crippen molar-refractivity contribution in [3.05, 3.63) is 35.4 Å². The van der Waals surface area contributed by atoms with Gasteiger partial charge in [-0.15, -0.1) is 0 Å². The molecule has 0 unspecified atom stereocenters. The van der Waals surface area contributed by atoms with Crippen LogP contribution in [0.4, 0.5) is 0 Å². The molecule has 14 heavy (non-hydrogen) atoms. The van der Waals surface area contributed by atoms with Gasteiger partial charge in [0, 0.05) is 19.1 Å². The molecule has 1 aromatic carbocycles. The zero-order valence-corrected chi connectivity index (χ0v) is 8.57. The molecule has 0 saturated heterocycles. The summed E-state index contributed by atoms with van der Waals surface area (Å²) in [5.74, 6) is 0. The zero-order valence-electron chi connectivity index (χ0n) is 8.57. The number of fused-ring (bicyclic) bond motifs is 1. The van der Waals surface area contributed by atoms with Gasteiger partial charge >= 0.3 is 0 Å². The van der Waals surface area contributed by atoms with Crippen LogP contribution in [0, 0.1) is 0 Å². The van der Waals surface area contributed by atoms with Crippen molar-refractivity contribution in [2.45, 2.75) is 6.42 Å². The fraction of sp³-hybridized carbons (Fsp3) is 0.417. The first-order valence-electron chi connectivity index (χ1n) is 5.06. The lowest BCUT2D eigenvalue weighted by molar-refractivity contribution is -0.526. The van der Waals surface area contributed by atoms with Crippen LogP contribution in [0.15, 0.2) is 24.3 Å². The molecular formula is C12H16NO+. The summed E-state index contributed by atoms with van der Waals surface area (Å²) in [6, 6.07) is 8.58. The van der Waals surface area contributed by atoms with Gasteiger partial charge in [0.15, 0.2) is 12.8 Å². The van der Waals surface area contributed by atoms with Crippen molar-refractivity contribution in [3.8, 4) is 0 Å². The second-order valence-electron chi connectivity index (χ2n) is 3.61. The van der Waals surface area contributed by atoms with Gasteiger partial charge in [-0.05, 0) is 11.6 Å². The number of nitrogens with zero attached hydrogens (tertiary/aromatic N) is 1. The van der Waals surface area contributed by atoms with Crippen LogP contribution in [-0.4, -0.2) is 37.6 Å². The molecule has 0 bridgehead atoms. The van der Waals surface area contributed by atoms with Crippen LogP contribution >= 0.6 is 0 Å². The first kappa shape index (κ1) is 9.41. The van der Waals surface area contributed by atoms with Crippen molar-refractivity contribution in [2.24, 2.45) is 0 Å². The highest BCUT2D eigenvalue weighted by atomic mass is 16.5. The fourth-order valence-electron chi connectivity index (χ4n) is 1.80. The molecule has 1 heterocycles. The quantitative estimate of drug-likeness (QED) is 0.655. The summed E-state index contributed by atoms with van der Waals surface area (Å²) in [4.78, 5) is 0. The van der Waals surface area contributed by atoms with Crippen LogP contribution in [0.2, 0.25) is 0 Å². The molecule has 0 fully saturated rings. The van der Waals surface area contributed by atoms with Crippen molar-refractivity contribution in [2.75, 3.05) is 26.8 Å². The van der Waals surface area contributed by atoms with Gasteiger partial charge in [-0.1, -0.05) is 18.2 Å². The largest absolute Gasteiger partial charge is 0.378 e. The molecule has 0 radical (unpaired) electrons. The highest BCUT2D eigenvalue weighted by Crippen LogP contribution is 2.10. The number of rotatable bonds is 3. The number of methoxy groups -OCH3 is 1. The van der Waals surface area contributed by atoms with Crippen molar-refractivity contribution in [3.63, 3.8) is 0 Å². The van der Waals surface area contributed by atoms with Crippen LogP contribution in [0.5, 0.6) is 0 Å². The van der Waals surface area contributed by atoms with E-state index >= 15 is 0 Å². The lowest BCUT2D eigenvalue weighted by Gasteiger charge is -2.11. The van der Waals surface area contributed by atoms with Gasteiger partial charge in [0.05, 0.1) is 0 Å². The van der Waals surface area contributed by atoms with E-state index in [1.54, 1.807) is 7.11 Å². The second-order valence-corrected chi connectivity index (χ2v) is 3.61. The van der Waals surface area contributed by atoms with Crippen molar-refractivity contribution < 1.29 is 9.31 Å². The van der Waals surface area contributed by atoms with Gasteiger partial charge in [-0.25, -0.2) is 4.58 Å². The number of hydrogen-bond acceptors (Lipinski definition) is 1. The molecular weight excluding hydrogens is 174 g/mol. The Kier molecular flexibility index (Phi) is 2.94. The maximum Gasteiger partial charge on any atom is 0.171 e. The third-order valence-corrected chi connectivity index (χ3v) is 2.63. The summed E-state index contributed by atoms with van der Waals surface area (Å²) in [5.41, 5.74) is 2.82. The highest BCUT2D eigenvalue weighted by Gasteiger charge is 2.14. The van der Waals surface area contributed by atoms with Crippen molar-refractivity contribution in [1.82, 2.24) is 0 Å². The van der Waals surface area contributed by atoms with Crippen LogP contribution in [0.25, 0.3) is 0 Å². The van der Waals surface area contributed by atoms with Gasteiger partial charge in [0.25, 0.3) is 0 Å². The molecule has 0 saturated carbocycles. The highest BCUT2D eigenvalue weighted by molar-refractivity contribution is 5.78. The standard InChI is InChI=1S/C12H16NO/c1-14-9-8-13-7-6-11-4-2-3-5-12(11)10-13/h2-5,10H,6-9H2,1H3/q+1. The average Bonchev–Trinajstić information content (AvgIpc) is 2.26. The van der Waals surface area contributed by atoms with E-state index in [-0.39, 0.29) is 0 Å². The van der Waals surface area contributed by atoms with E-state index in [2.05, 4.69) is 35.1 Å². The van der Waals surface area contributed by atoms with E-state index in [1.165, 1.54) is 11.1 Å². The van der Waals surface area contributed by atoms with Crippen LogP contribution in [0.1, 0.15) is 11.1 Å². The zero-order chi connectivity index (χ0) is 9.80. The summed E-state index contributed by atoms with van der Waals surface area (Å²) >= 11 is 0. The molecule has 2 nitrogen and oxygen atoms in total. The smallest absolute Gasteiger partial charge is 0.171 e. The van der Waals surface area contributed by atoms with Gasteiger partial charge in [0.1, 0.15) is 13.2 Å². The Balaban J connectivity index is 2.14. The number of ether oxygens (including phenoxy) is 1. The maximum absolute atomic E-state index is 5.07. The molecule has 2 rings (SSSR count). The predicted octanol–water partition coefficient (Wildman–Crippen LogP) is 1.32. The fourth-order valence-corrected chi connectivity index (χ4v) is 1.80. The summed E-state index contributed by atoms with van der Waals surface area (Å²) in [6.45, 7) is 2.91. The minimum absolute atomic E-state index is 0.804. The van der Waals surface area contributed by atoms with E-state index in [0.717, 1.165) is 26.1 Å². The average molecular weight is 190 g/mol. The van der Waals surface area contributed by atoms with Gasteiger partial charge in [-0.2, -0.15) is 0 Å². The van der Waals surface area contributed by atoms with E-state index in [4.69, 9.17) is 4.74 Å². The lowest BCUT2D eigenvalue weighted by atomic mass is 10.0. The van der Waals surface area contributed by atoms with Gasteiger partial charge in [-0.3, -0.25) is 0 Å². The lowest BCUT2D eigenvalue weighted by Crippen LogP contribution is -2.25. The Labute approximate surface area is 84.8 Å². The van der Waals surface area contributed by atoms with Crippen LogP contribution in [0.3, 0.4) is 0 Å². The molecule has 1 aliphatic rings. The minimum Gasteiger partial charge on any atom is -0.378 e. The van der Waals surface area contributed by atoms with E-state index in [1.807, 2.05) is 0 Å². The molecule has 0 atom stereocenters. The Morgan fingerprint density at radius 1 is 1.36 bits per heavy atom. The molecule has 0 aliphatic carbocycles. The SMILES string of the molecule is COCC[N+]1=Cc2ccccc2CC1. The molecule has 0 N–H and O–H groups in total. The monoisotopic (exact) mass is 190 g/mol. The first-order valence-corrected chi connectivity index (χ1v) is 5.06. The summed E-state index contributed by atoms with van der Waals surface area (Å²) in [6.07, 6.45) is 3.38. The van der Waals surface area contributed by atoms with Gasteiger partial charge in [0.2, 0.25) is 0 Å². The Morgan fingerprint density at radius 2 is 2.21 bits per heavy atom. The topological polar surface area (TPSA) is 12.2 Å². The summed E-state index contributed by atoms with van der Waals surface area (Å²) in [5, 5.41) is 0. The second kappa shape index (κ2) is 4.38. The Bertz CT molecular complexity index is 344. The maximum atomic E-state index is 5.07. The van der Waals surface area contributed by atoms with E-state index < -0.39 is 0 Å². The molecule has 74 valence electrons. The van der Waals surface area contributed by atoms with Gasteiger partial charge < -0.3 is 4.74 Å². The minimum atomic E-state index is 0.804. The van der Waals surface area contributed by atoms with E-state index in [0.29, 0.717) is 0 Å². The summed E-state index contributed by atoms with van der Waals surface area (Å²) in [7, 11) is 1.75. The van der Waals surface area contributed by atoms with Crippen LogP contribution in [-0.2, 0) is 11.2 Å².